The van der Waals surface area contributed by atoms with Crippen LogP contribution in [0.5, 0.6) is 5.75 Å². The lowest BCUT2D eigenvalue weighted by Crippen LogP contribution is -2.39. The molecular weight excluding hydrogens is 353 g/mol. The Balaban J connectivity index is 1.87. The maximum atomic E-state index is 12.1. The molecule has 0 bridgehead atoms. The number of benzene rings is 1. The molecule has 1 amide bonds. The number of aromatic nitrogens is 2. The van der Waals surface area contributed by atoms with Gasteiger partial charge in [-0.05, 0) is 32.0 Å². The lowest BCUT2D eigenvalue weighted by molar-refractivity contribution is -0.127. The summed E-state index contributed by atoms with van der Waals surface area (Å²) in [6.07, 6.45) is 2.20. The first-order valence-electron chi connectivity index (χ1n) is 7.29. The maximum Gasteiger partial charge on any atom is 0.260 e. The van der Waals surface area contributed by atoms with Gasteiger partial charge in [0, 0.05) is 29.9 Å². The van der Waals surface area contributed by atoms with Gasteiger partial charge in [0.15, 0.2) is 6.10 Å². The minimum atomic E-state index is -0.740. The second-order valence-electron chi connectivity index (χ2n) is 5.20. The zero-order chi connectivity index (χ0) is 17.7. The van der Waals surface area contributed by atoms with Crippen LogP contribution in [0.3, 0.4) is 0 Å². The average molecular weight is 370 g/mol. The van der Waals surface area contributed by atoms with Crippen molar-refractivity contribution in [2.24, 2.45) is 0 Å². The number of rotatable bonds is 6. The summed E-state index contributed by atoms with van der Waals surface area (Å²) in [4.78, 5) is 27.9. The van der Waals surface area contributed by atoms with Crippen molar-refractivity contribution in [3.8, 4) is 5.75 Å². The van der Waals surface area contributed by atoms with Gasteiger partial charge in [-0.1, -0.05) is 23.2 Å². The van der Waals surface area contributed by atoms with Gasteiger partial charge in [0.1, 0.15) is 5.75 Å². The number of hydrogen-bond acceptors (Lipinski definition) is 4. The summed E-state index contributed by atoms with van der Waals surface area (Å²) in [6.45, 7) is 3.91. The molecule has 24 heavy (non-hydrogen) atoms. The Morgan fingerprint density at radius 3 is 2.88 bits per heavy atom. The van der Waals surface area contributed by atoms with E-state index >= 15 is 0 Å². The number of carbonyl (C=O) groups excluding carboxylic acids is 1. The number of ether oxygens (including phenoxy) is 1. The molecule has 128 valence electrons. The zero-order valence-corrected chi connectivity index (χ0v) is 14.8. The second kappa shape index (κ2) is 8.17. The van der Waals surface area contributed by atoms with Gasteiger partial charge >= 0.3 is 0 Å². The van der Waals surface area contributed by atoms with E-state index in [9.17, 15) is 9.59 Å². The third-order valence-corrected chi connectivity index (χ3v) is 3.82. The predicted molar refractivity (Wildman–Crippen MR) is 92.8 cm³/mol. The predicted octanol–water partition coefficient (Wildman–Crippen LogP) is 2.44. The first-order valence-corrected chi connectivity index (χ1v) is 8.04. The van der Waals surface area contributed by atoms with E-state index in [-0.39, 0.29) is 18.0 Å². The minimum absolute atomic E-state index is 0.128. The van der Waals surface area contributed by atoms with Gasteiger partial charge in [0.2, 0.25) is 0 Å². The van der Waals surface area contributed by atoms with Gasteiger partial charge in [-0.15, -0.1) is 0 Å². The Morgan fingerprint density at radius 1 is 1.42 bits per heavy atom. The molecule has 2 rings (SSSR count). The average Bonchev–Trinajstić information content (AvgIpc) is 2.54. The molecule has 0 aliphatic rings. The molecule has 2 aromatic rings. The molecular formula is C16H17Cl2N3O3. The van der Waals surface area contributed by atoms with Crippen LogP contribution in [0, 0.1) is 6.92 Å². The van der Waals surface area contributed by atoms with Crippen molar-refractivity contribution >= 4 is 29.1 Å². The Bertz CT molecular complexity index is 792. The molecule has 1 N–H and O–H groups in total. The van der Waals surface area contributed by atoms with E-state index in [1.54, 1.807) is 32.0 Å². The first-order chi connectivity index (χ1) is 11.4. The second-order valence-corrected chi connectivity index (χ2v) is 6.04. The van der Waals surface area contributed by atoms with Crippen LogP contribution in [0.25, 0.3) is 0 Å². The third kappa shape index (κ3) is 4.72. The normalized spacial score (nSPS) is 11.8. The van der Waals surface area contributed by atoms with Crippen molar-refractivity contribution < 1.29 is 9.53 Å². The molecule has 0 fully saturated rings. The molecule has 6 nitrogen and oxygen atoms in total. The smallest absolute Gasteiger partial charge is 0.260 e. The molecule has 1 heterocycles. The van der Waals surface area contributed by atoms with Gasteiger partial charge in [0.25, 0.3) is 11.5 Å². The SMILES string of the molecule is Cc1cncn(CCNC(=O)C(C)Oc2ccc(Cl)cc2Cl)c1=O. The molecule has 1 aromatic carbocycles. The van der Waals surface area contributed by atoms with Crippen molar-refractivity contribution in [2.75, 3.05) is 6.54 Å². The molecule has 0 aliphatic heterocycles. The summed E-state index contributed by atoms with van der Waals surface area (Å²) in [6, 6.07) is 4.77. The summed E-state index contributed by atoms with van der Waals surface area (Å²) in [5.41, 5.74) is 0.425. The molecule has 1 unspecified atom stereocenters. The van der Waals surface area contributed by atoms with Crippen LogP contribution in [0.2, 0.25) is 10.0 Å². The highest BCUT2D eigenvalue weighted by atomic mass is 35.5. The summed E-state index contributed by atoms with van der Waals surface area (Å²) in [7, 11) is 0. The number of halogens is 2. The highest BCUT2D eigenvalue weighted by Gasteiger charge is 2.16. The van der Waals surface area contributed by atoms with Crippen molar-refractivity contribution in [1.82, 2.24) is 14.9 Å². The summed E-state index contributed by atoms with van der Waals surface area (Å²) in [5, 5.41) is 3.53. The number of amides is 1. The standard InChI is InChI=1S/C16H17Cl2N3O3/c1-10-8-19-9-21(16(10)23)6-5-20-15(22)11(2)24-14-4-3-12(17)7-13(14)18/h3-4,7-9,11H,5-6H2,1-2H3,(H,20,22). The van der Waals surface area contributed by atoms with E-state index in [0.29, 0.717) is 27.9 Å². The summed E-state index contributed by atoms with van der Waals surface area (Å²) >= 11 is 11.8. The number of nitrogens with zero attached hydrogens (tertiary/aromatic N) is 2. The number of hydrogen-bond donors (Lipinski definition) is 1. The molecule has 8 heteroatoms. The monoisotopic (exact) mass is 369 g/mol. The quantitative estimate of drug-likeness (QED) is 0.848. The lowest BCUT2D eigenvalue weighted by atomic mass is 10.3. The van der Waals surface area contributed by atoms with Crippen LogP contribution < -0.4 is 15.6 Å². The molecule has 0 saturated carbocycles. The number of nitrogens with one attached hydrogen (secondary N) is 1. The van der Waals surface area contributed by atoms with Crippen LogP contribution in [0.4, 0.5) is 0 Å². The molecule has 0 radical (unpaired) electrons. The van der Waals surface area contributed by atoms with Crippen molar-refractivity contribution in [3.05, 3.63) is 56.7 Å². The van der Waals surface area contributed by atoms with Gasteiger partial charge in [-0.2, -0.15) is 0 Å². The molecule has 1 atom stereocenters. The minimum Gasteiger partial charge on any atom is -0.479 e. The highest BCUT2D eigenvalue weighted by molar-refractivity contribution is 6.35. The van der Waals surface area contributed by atoms with Crippen molar-refractivity contribution in [1.29, 1.82) is 0 Å². The Labute approximate surface area is 149 Å². The Kier molecular flexibility index (Phi) is 6.23. The third-order valence-electron chi connectivity index (χ3n) is 3.29. The fourth-order valence-electron chi connectivity index (χ4n) is 1.98. The van der Waals surface area contributed by atoms with Crippen LogP contribution in [-0.4, -0.2) is 28.1 Å². The molecule has 1 aromatic heterocycles. The van der Waals surface area contributed by atoms with E-state index in [2.05, 4.69) is 10.3 Å². The summed E-state index contributed by atoms with van der Waals surface area (Å²) < 4.78 is 6.97. The van der Waals surface area contributed by atoms with Crippen LogP contribution in [0.15, 0.2) is 35.5 Å². The maximum absolute atomic E-state index is 12.1. The van der Waals surface area contributed by atoms with E-state index in [1.165, 1.54) is 17.1 Å². The van der Waals surface area contributed by atoms with Gasteiger partial charge in [0.05, 0.1) is 11.3 Å². The first kappa shape index (κ1) is 18.3. The van der Waals surface area contributed by atoms with Crippen LogP contribution >= 0.6 is 23.2 Å². The highest BCUT2D eigenvalue weighted by Crippen LogP contribution is 2.28. The van der Waals surface area contributed by atoms with Crippen molar-refractivity contribution in [3.63, 3.8) is 0 Å². The topological polar surface area (TPSA) is 73.2 Å². The van der Waals surface area contributed by atoms with Gasteiger partial charge in [-0.3, -0.25) is 14.2 Å². The van der Waals surface area contributed by atoms with Gasteiger partial charge < -0.3 is 10.1 Å². The Morgan fingerprint density at radius 2 is 2.17 bits per heavy atom. The number of carbonyl (C=O) groups is 1. The molecule has 0 aliphatic carbocycles. The Hall–Kier alpha value is -2.05. The van der Waals surface area contributed by atoms with Crippen LogP contribution in [-0.2, 0) is 11.3 Å². The number of aryl methyl sites for hydroxylation is 1. The van der Waals surface area contributed by atoms with Gasteiger partial charge in [-0.25, -0.2) is 4.98 Å². The fourth-order valence-corrected chi connectivity index (χ4v) is 2.43. The summed E-state index contributed by atoms with van der Waals surface area (Å²) in [5.74, 6) is 0.0671. The fraction of sp³-hybridized carbons (Fsp3) is 0.312. The van der Waals surface area contributed by atoms with E-state index in [4.69, 9.17) is 27.9 Å². The zero-order valence-electron chi connectivity index (χ0n) is 13.3. The van der Waals surface area contributed by atoms with E-state index < -0.39 is 6.10 Å². The lowest BCUT2D eigenvalue weighted by Gasteiger charge is -2.16. The van der Waals surface area contributed by atoms with E-state index in [1.807, 2.05) is 0 Å². The largest absolute Gasteiger partial charge is 0.479 e. The van der Waals surface area contributed by atoms with E-state index in [0.717, 1.165) is 0 Å². The van der Waals surface area contributed by atoms with Crippen LogP contribution in [0.1, 0.15) is 12.5 Å². The molecule has 0 spiro atoms. The van der Waals surface area contributed by atoms with Crippen molar-refractivity contribution in [2.45, 2.75) is 26.5 Å². The molecule has 0 saturated heterocycles.